The molecule has 1 heterocycles. The van der Waals surface area contributed by atoms with Gasteiger partial charge in [-0.3, -0.25) is 4.99 Å². The van der Waals surface area contributed by atoms with Crippen LogP contribution in [0, 0.1) is 0 Å². The van der Waals surface area contributed by atoms with Crippen molar-refractivity contribution in [2.24, 2.45) is 4.99 Å². The molecule has 3 N–H and O–H groups in total. The summed E-state index contributed by atoms with van der Waals surface area (Å²) in [7, 11) is -1.65. The average Bonchev–Trinajstić information content (AvgIpc) is 2.70. The Balaban J connectivity index is 0.00000392. The summed E-state index contributed by atoms with van der Waals surface area (Å²) in [5.74, 6) is 1.50. The highest BCUT2D eigenvalue weighted by atomic mass is 127. The van der Waals surface area contributed by atoms with Gasteiger partial charge in [0.1, 0.15) is 0 Å². The van der Waals surface area contributed by atoms with E-state index in [4.69, 9.17) is 4.74 Å². The van der Waals surface area contributed by atoms with Crippen molar-refractivity contribution < 1.29 is 13.2 Å². The third kappa shape index (κ3) is 10.8. The van der Waals surface area contributed by atoms with Crippen LogP contribution in [0.2, 0.25) is 0 Å². The molecule has 0 spiro atoms. The quantitative estimate of drug-likeness (QED) is 0.138. The van der Waals surface area contributed by atoms with E-state index in [1.807, 2.05) is 18.2 Å². The van der Waals surface area contributed by atoms with Crippen molar-refractivity contribution in [3.63, 3.8) is 0 Å². The fourth-order valence-electron chi connectivity index (χ4n) is 2.64. The Labute approximate surface area is 189 Å². The number of nitrogens with zero attached hydrogens (tertiary/aromatic N) is 1. The van der Waals surface area contributed by atoms with Crippen molar-refractivity contribution in [1.82, 2.24) is 15.4 Å². The molecule has 1 aliphatic rings. The summed E-state index contributed by atoms with van der Waals surface area (Å²) in [5, 5.41) is 6.23. The third-order valence-electron chi connectivity index (χ3n) is 4.10. The molecule has 1 atom stereocenters. The monoisotopic (exact) mass is 542 g/mol. The van der Waals surface area contributed by atoms with E-state index in [1.54, 1.807) is 18.8 Å². The van der Waals surface area contributed by atoms with Crippen molar-refractivity contribution in [2.45, 2.75) is 30.3 Å². The van der Waals surface area contributed by atoms with E-state index in [1.165, 1.54) is 4.90 Å². The summed E-state index contributed by atoms with van der Waals surface area (Å²) in [6, 6.07) is 10.2. The Morgan fingerprint density at radius 3 is 2.64 bits per heavy atom. The van der Waals surface area contributed by atoms with Crippen LogP contribution in [0.15, 0.2) is 40.2 Å². The molecule has 7 nitrogen and oxygen atoms in total. The van der Waals surface area contributed by atoms with Gasteiger partial charge in [0.05, 0.1) is 11.9 Å². The number of nitrogens with one attached hydrogen (secondary N) is 3. The van der Waals surface area contributed by atoms with Crippen LogP contribution in [0.4, 0.5) is 0 Å². The molecule has 1 saturated heterocycles. The van der Waals surface area contributed by atoms with Crippen molar-refractivity contribution in [2.75, 3.05) is 44.8 Å². The molecule has 1 fully saturated rings. The lowest BCUT2D eigenvalue weighted by molar-refractivity contribution is 0.0200. The summed E-state index contributed by atoms with van der Waals surface area (Å²) >= 11 is 1.76. The number of hydrogen-bond donors (Lipinski definition) is 3. The van der Waals surface area contributed by atoms with Gasteiger partial charge in [0.15, 0.2) is 5.96 Å². The van der Waals surface area contributed by atoms with Crippen molar-refractivity contribution >= 4 is 51.7 Å². The Bertz CT molecular complexity index is 669. The van der Waals surface area contributed by atoms with Gasteiger partial charge in [-0.05, 0) is 31.4 Å². The molecule has 160 valence electrons. The van der Waals surface area contributed by atoms with Crippen LogP contribution in [0.25, 0.3) is 0 Å². The van der Waals surface area contributed by atoms with E-state index in [-0.39, 0.29) is 35.8 Å². The zero-order valence-corrected chi connectivity index (χ0v) is 20.2. The van der Waals surface area contributed by atoms with Crippen molar-refractivity contribution in [3.8, 4) is 0 Å². The molecule has 0 amide bonds. The van der Waals surface area contributed by atoms with E-state index in [0.717, 1.165) is 38.2 Å². The van der Waals surface area contributed by atoms with Gasteiger partial charge in [0.2, 0.25) is 10.0 Å². The second kappa shape index (κ2) is 14.4. The lowest BCUT2D eigenvalue weighted by atomic mass is 10.1. The van der Waals surface area contributed by atoms with E-state index >= 15 is 0 Å². The molecular weight excluding hydrogens is 511 g/mol. The molecule has 1 aromatic rings. The number of hydrogen-bond acceptors (Lipinski definition) is 5. The zero-order chi connectivity index (χ0) is 19.4. The first-order valence-electron chi connectivity index (χ1n) is 9.30. The van der Waals surface area contributed by atoms with Crippen LogP contribution in [-0.4, -0.2) is 65.3 Å². The van der Waals surface area contributed by atoms with Gasteiger partial charge >= 0.3 is 0 Å². The van der Waals surface area contributed by atoms with Crippen LogP contribution in [-0.2, 0) is 14.8 Å². The maximum Gasteiger partial charge on any atom is 0.213 e. The van der Waals surface area contributed by atoms with Gasteiger partial charge in [-0.1, -0.05) is 18.2 Å². The van der Waals surface area contributed by atoms with Crippen molar-refractivity contribution in [1.29, 1.82) is 0 Å². The van der Waals surface area contributed by atoms with Crippen molar-refractivity contribution in [3.05, 3.63) is 30.3 Å². The Morgan fingerprint density at radius 2 is 1.96 bits per heavy atom. The highest BCUT2D eigenvalue weighted by Crippen LogP contribution is 2.15. The molecular formula is C18H31IN4O3S2. The van der Waals surface area contributed by atoms with Crippen LogP contribution < -0.4 is 15.4 Å². The lowest BCUT2D eigenvalue weighted by Crippen LogP contribution is -2.43. The third-order valence-corrected chi connectivity index (χ3v) is 6.46. The molecule has 0 aromatic heterocycles. The molecule has 0 saturated carbocycles. The zero-order valence-electron chi connectivity index (χ0n) is 16.2. The lowest BCUT2D eigenvalue weighted by Gasteiger charge is -2.22. The smallest absolute Gasteiger partial charge is 0.213 e. The molecule has 28 heavy (non-hydrogen) atoms. The Morgan fingerprint density at radius 1 is 1.21 bits per heavy atom. The molecule has 0 radical (unpaired) electrons. The molecule has 10 heteroatoms. The highest BCUT2D eigenvalue weighted by Gasteiger charge is 2.17. The van der Waals surface area contributed by atoms with Gasteiger partial charge in [-0.15, -0.1) is 35.7 Å². The number of benzene rings is 1. The number of ether oxygens (including phenoxy) is 1. The summed E-state index contributed by atoms with van der Waals surface area (Å²) in [4.78, 5) is 5.35. The van der Waals surface area contributed by atoms with E-state index in [9.17, 15) is 8.42 Å². The standard InChI is InChI=1S/C18H30N4O3S2.HI/c1-19-18(20-10-13-26-17-8-3-2-4-9-17)21-11-14-27(23,24)22-15-16-7-5-6-12-25-16;/h2-4,8-9,16,22H,5-7,10-15H2,1H3,(H2,19,20,21);1H. The Kier molecular flexibility index (Phi) is 13.1. The SMILES string of the molecule is CN=C(NCCSc1ccccc1)NCCS(=O)(=O)NCC1CCCCO1.I. The maximum atomic E-state index is 12.1. The summed E-state index contributed by atoms with van der Waals surface area (Å²) in [6.07, 6.45) is 3.07. The largest absolute Gasteiger partial charge is 0.377 e. The number of guanidine groups is 1. The van der Waals surface area contributed by atoms with Gasteiger partial charge in [-0.2, -0.15) is 0 Å². The van der Waals surface area contributed by atoms with Crippen LogP contribution in [0.3, 0.4) is 0 Å². The molecule has 0 aliphatic carbocycles. The van der Waals surface area contributed by atoms with Gasteiger partial charge in [-0.25, -0.2) is 13.1 Å². The minimum Gasteiger partial charge on any atom is -0.377 e. The van der Waals surface area contributed by atoms with Crippen LogP contribution in [0.5, 0.6) is 0 Å². The summed E-state index contributed by atoms with van der Waals surface area (Å²) < 4.78 is 32.4. The Hall–Kier alpha value is -0.560. The number of rotatable bonds is 10. The molecule has 1 aromatic carbocycles. The van der Waals surface area contributed by atoms with E-state index < -0.39 is 10.0 Å². The minimum atomic E-state index is -3.33. The molecule has 0 bridgehead atoms. The highest BCUT2D eigenvalue weighted by molar-refractivity contribution is 14.0. The first-order chi connectivity index (χ1) is 13.1. The first kappa shape index (κ1) is 25.5. The van der Waals surface area contributed by atoms with Crippen LogP contribution >= 0.6 is 35.7 Å². The molecule has 1 unspecified atom stereocenters. The fourth-order valence-corrected chi connectivity index (χ4v) is 4.38. The van der Waals surface area contributed by atoms with E-state index in [0.29, 0.717) is 19.0 Å². The number of aliphatic imine (C=N–C) groups is 1. The molecule has 2 rings (SSSR count). The summed E-state index contributed by atoms with van der Waals surface area (Å²) in [5.41, 5.74) is 0. The second-order valence-corrected chi connectivity index (χ2v) is 9.34. The first-order valence-corrected chi connectivity index (χ1v) is 11.9. The predicted molar refractivity (Wildman–Crippen MR) is 127 cm³/mol. The second-order valence-electron chi connectivity index (χ2n) is 6.24. The van der Waals surface area contributed by atoms with E-state index in [2.05, 4.69) is 32.5 Å². The van der Waals surface area contributed by atoms with Crippen LogP contribution in [0.1, 0.15) is 19.3 Å². The normalized spacial score (nSPS) is 17.6. The van der Waals surface area contributed by atoms with Gasteiger partial charge in [0.25, 0.3) is 0 Å². The number of halogens is 1. The number of thioether (sulfide) groups is 1. The maximum absolute atomic E-state index is 12.1. The minimum absolute atomic E-state index is 0. The average molecular weight is 543 g/mol. The topological polar surface area (TPSA) is 91.8 Å². The predicted octanol–water partition coefficient (Wildman–Crippen LogP) is 2.05. The van der Waals surface area contributed by atoms with Gasteiger partial charge in [0, 0.05) is 43.9 Å². The fraction of sp³-hybridized carbons (Fsp3) is 0.611. The number of sulfonamides is 1. The van der Waals surface area contributed by atoms with Gasteiger partial charge < -0.3 is 15.4 Å². The molecule has 1 aliphatic heterocycles. The summed E-state index contributed by atoms with van der Waals surface area (Å²) in [6.45, 7) is 2.11.